The van der Waals surface area contributed by atoms with Gasteiger partial charge in [0.15, 0.2) is 0 Å². The van der Waals surface area contributed by atoms with Crippen LogP contribution in [0.2, 0.25) is 0 Å². The molecule has 23 heavy (non-hydrogen) atoms. The van der Waals surface area contributed by atoms with Gasteiger partial charge in [-0.1, -0.05) is 18.2 Å². The van der Waals surface area contributed by atoms with E-state index in [-0.39, 0.29) is 18.4 Å². The Bertz CT molecular complexity index is 663. The third-order valence-electron chi connectivity index (χ3n) is 3.87. The normalized spacial score (nSPS) is 10.7. The molecule has 0 aliphatic carbocycles. The minimum Gasteiger partial charge on any atom is -0.465 e. The summed E-state index contributed by atoms with van der Waals surface area (Å²) in [5.74, 6) is -0.347. The lowest BCUT2D eigenvalue weighted by molar-refractivity contribution is -0.148. The van der Waals surface area contributed by atoms with Crippen molar-refractivity contribution in [3.05, 3.63) is 36.0 Å². The number of para-hydroxylation sites is 1. The van der Waals surface area contributed by atoms with Gasteiger partial charge in [0.1, 0.15) is 6.54 Å². The number of amides is 1. The Morgan fingerprint density at radius 3 is 2.74 bits per heavy atom. The molecule has 1 aromatic carbocycles. The number of rotatable bonds is 8. The zero-order valence-corrected chi connectivity index (χ0v) is 13.8. The van der Waals surface area contributed by atoms with E-state index in [2.05, 4.69) is 11.1 Å². The van der Waals surface area contributed by atoms with Gasteiger partial charge < -0.3 is 14.6 Å². The van der Waals surface area contributed by atoms with Gasteiger partial charge >= 0.3 is 5.97 Å². The molecule has 0 radical (unpaired) electrons. The van der Waals surface area contributed by atoms with E-state index in [1.54, 1.807) is 11.8 Å². The van der Waals surface area contributed by atoms with Crippen molar-refractivity contribution in [3.8, 4) is 0 Å². The minimum absolute atomic E-state index is 0.000365. The standard InChI is InChI=1S/C18H24N2O3/c1-3-20(13-18(22)23-4-2)17(21)11-7-8-14-12-19-16-10-6-5-9-15(14)16/h5-6,9-10,12,19H,3-4,7-8,11,13H2,1-2H3. The lowest BCUT2D eigenvalue weighted by Gasteiger charge is -2.19. The van der Waals surface area contributed by atoms with Crippen LogP contribution in [0, 0.1) is 0 Å². The number of carbonyl (C=O) groups is 2. The molecule has 0 aliphatic rings. The molecule has 0 bridgehead atoms. The Balaban J connectivity index is 1.84. The van der Waals surface area contributed by atoms with Gasteiger partial charge in [0.2, 0.25) is 5.91 Å². The van der Waals surface area contributed by atoms with Crippen LogP contribution in [-0.4, -0.2) is 41.5 Å². The second kappa shape index (κ2) is 8.36. The lowest BCUT2D eigenvalue weighted by atomic mass is 10.1. The van der Waals surface area contributed by atoms with Gasteiger partial charge in [-0.2, -0.15) is 0 Å². The number of nitrogens with zero attached hydrogens (tertiary/aromatic N) is 1. The van der Waals surface area contributed by atoms with E-state index >= 15 is 0 Å². The fourth-order valence-electron chi connectivity index (χ4n) is 2.67. The summed E-state index contributed by atoms with van der Waals surface area (Å²) >= 11 is 0. The average molecular weight is 316 g/mol. The number of hydrogen-bond donors (Lipinski definition) is 1. The number of likely N-dealkylation sites (N-methyl/N-ethyl adjacent to an activating group) is 1. The van der Waals surface area contributed by atoms with Crippen LogP contribution in [0.25, 0.3) is 10.9 Å². The van der Waals surface area contributed by atoms with Crippen molar-refractivity contribution >= 4 is 22.8 Å². The van der Waals surface area contributed by atoms with Crippen LogP contribution in [0.3, 0.4) is 0 Å². The molecule has 0 saturated carbocycles. The van der Waals surface area contributed by atoms with Crippen LogP contribution >= 0.6 is 0 Å². The Morgan fingerprint density at radius 2 is 2.00 bits per heavy atom. The third-order valence-corrected chi connectivity index (χ3v) is 3.87. The molecule has 0 saturated heterocycles. The number of fused-ring (bicyclic) bond motifs is 1. The number of nitrogens with one attached hydrogen (secondary N) is 1. The lowest BCUT2D eigenvalue weighted by Crippen LogP contribution is -2.36. The Hall–Kier alpha value is -2.30. The molecule has 0 spiro atoms. The number of carbonyl (C=O) groups excluding carboxylic acids is 2. The molecule has 5 nitrogen and oxygen atoms in total. The summed E-state index contributed by atoms with van der Waals surface area (Å²) in [6, 6.07) is 8.15. The molecule has 124 valence electrons. The number of aryl methyl sites for hydroxylation is 1. The van der Waals surface area contributed by atoms with Gasteiger partial charge in [0.25, 0.3) is 0 Å². The monoisotopic (exact) mass is 316 g/mol. The highest BCUT2D eigenvalue weighted by atomic mass is 16.5. The summed E-state index contributed by atoms with van der Waals surface area (Å²) in [7, 11) is 0. The van der Waals surface area contributed by atoms with Gasteiger partial charge in [-0.3, -0.25) is 9.59 Å². The maximum atomic E-state index is 12.2. The summed E-state index contributed by atoms with van der Waals surface area (Å²) in [5, 5.41) is 1.21. The predicted molar refractivity (Wildman–Crippen MR) is 90.1 cm³/mol. The zero-order valence-electron chi connectivity index (χ0n) is 13.8. The summed E-state index contributed by atoms with van der Waals surface area (Å²) in [4.78, 5) is 28.5. The number of aromatic amines is 1. The second-order valence-electron chi connectivity index (χ2n) is 5.43. The first-order chi connectivity index (χ1) is 11.2. The molecule has 0 atom stereocenters. The first-order valence-corrected chi connectivity index (χ1v) is 8.14. The molecule has 0 aliphatic heterocycles. The van der Waals surface area contributed by atoms with Crippen LogP contribution in [0.4, 0.5) is 0 Å². The SMILES string of the molecule is CCOC(=O)CN(CC)C(=O)CCCc1c[nH]c2ccccc12. The number of aromatic nitrogens is 1. The Labute approximate surface area is 136 Å². The van der Waals surface area contributed by atoms with Crippen molar-refractivity contribution in [1.82, 2.24) is 9.88 Å². The highest BCUT2D eigenvalue weighted by molar-refractivity contribution is 5.83. The Morgan fingerprint density at radius 1 is 1.22 bits per heavy atom. The molecular formula is C18H24N2O3. The number of hydrogen-bond acceptors (Lipinski definition) is 3. The van der Waals surface area contributed by atoms with E-state index in [1.165, 1.54) is 10.9 Å². The van der Waals surface area contributed by atoms with E-state index in [4.69, 9.17) is 4.74 Å². The average Bonchev–Trinajstić information content (AvgIpc) is 2.96. The van der Waals surface area contributed by atoms with Crippen molar-refractivity contribution in [3.63, 3.8) is 0 Å². The van der Waals surface area contributed by atoms with Crippen LogP contribution < -0.4 is 0 Å². The van der Waals surface area contributed by atoms with Gasteiger partial charge in [0.05, 0.1) is 6.61 Å². The first kappa shape index (κ1) is 17.1. The number of ether oxygens (including phenoxy) is 1. The summed E-state index contributed by atoms with van der Waals surface area (Å²) in [6.07, 6.45) is 4.05. The van der Waals surface area contributed by atoms with Gasteiger partial charge in [-0.25, -0.2) is 0 Å². The van der Waals surface area contributed by atoms with Crippen molar-refractivity contribution in [2.45, 2.75) is 33.1 Å². The van der Waals surface area contributed by atoms with E-state index < -0.39 is 0 Å². The highest BCUT2D eigenvalue weighted by Crippen LogP contribution is 2.19. The molecule has 1 aromatic heterocycles. The molecule has 5 heteroatoms. The van der Waals surface area contributed by atoms with Crippen LogP contribution in [0.15, 0.2) is 30.5 Å². The minimum atomic E-state index is -0.348. The topological polar surface area (TPSA) is 62.4 Å². The first-order valence-electron chi connectivity index (χ1n) is 8.14. The smallest absolute Gasteiger partial charge is 0.325 e. The molecule has 1 N–H and O–H groups in total. The summed E-state index contributed by atoms with van der Waals surface area (Å²) in [6.45, 7) is 4.53. The van der Waals surface area contributed by atoms with Gasteiger partial charge in [0, 0.05) is 30.1 Å². The molecule has 1 amide bonds. The van der Waals surface area contributed by atoms with Crippen LogP contribution in [0.5, 0.6) is 0 Å². The molecule has 0 fully saturated rings. The fourth-order valence-corrected chi connectivity index (χ4v) is 2.67. The predicted octanol–water partition coefficient (Wildman–Crippen LogP) is 2.90. The van der Waals surface area contributed by atoms with Crippen molar-refractivity contribution in [1.29, 1.82) is 0 Å². The van der Waals surface area contributed by atoms with E-state index in [1.807, 2.05) is 31.3 Å². The van der Waals surface area contributed by atoms with Gasteiger partial charge in [-0.05, 0) is 38.3 Å². The van der Waals surface area contributed by atoms with E-state index in [9.17, 15) is 9.59 Å². The number of H-pyrrole nitrogens is 1. The fraction of sp³-hybridized carbons (Fsp3) is 0.444. The summed E-state index contributed by atoms with van der Waals surface area (Å²) < 4.78 is 4.90. The Kier molecular flexibility index (Phi) is 6.20. The van der Waals surface area contributed by atoms with E-state index in [0.717, 1.165) is 18.4 Å². The molecule has 2 rings (SSSR count). The maximum Gasteiger partial charge on any atom is 0.325 e. The quantitative estimate of drug-likeness (QED) is 0.762. The van der Waals surface area contributed by atoms with Crippen LogP contribution in [-0.2, 0) is 20.7 Å². The molecular weight excluding hydrogens is 292 g/mol. The largest absolute Gasteiger partial charge is 0.465 e. The zero-order chi connectivity index (χ0) is 16.7. The third kappa shape index (κ3) is 4.58. The van der Waals surface area contributed by atoms with Crippen molar-refractivity contribution in [2.75, 3.05) is 19.7 Å². The van der Waals surface area contributed by atoms with E-state index in [0.29, 0.717) is 19.6 Å². The van der Waals surface area contributed by atoms with Gasteiger partial charge in [-0.15, -0.1) is 0 Å². The molecule has 2 aromatic rings. The highest BCUT2D eigenvalue weighted by Gasteiger charge is 2.16. The van der Waals surface area contributed by atoms with Crippen molar-refractivity contribution < 1.29 is 14.3 Å². The summed E-state index contributed by atoms with van der Waals surface area (Å²) in [5.41, 5.74) is 2.34. The van der Waals surface area contributed by atoms with Crippen molar-refractivity contribution in [2.24, 2.45) is 0 Å². The van der Waals surface area contributed by atoms with Crippen LogP contribution in [0.1, 0.15) is 32.3 Å². The maximum absolute atomic E-state index is 12.2. The number of esters is 1. The molecule has 0 unspecified atom stereocenters. The second-order valence-corrected chi connectivity index (χ2v) is 5.43. The molecule has 1 heterocycles. The number of benzene rings is 1.